The molecule has 3 aromatic carbocycles. The van der Waals surface area contributed by atoms with Crippen molar-refractivity contribution >= 4 is 16.7 Å². The topological polar surface area (TPSA) is 113 Å². The van der Waals surface area contributed by atoms with Gasteiger partial charge < -0.3 is 19.9 Å². The highest BCUT2D eigenvalue weighted by Gasteiger charge is 2.15. The maximum Gasteiger partial charge on any atom is 0.162 e. The van der Waals surface area contributed by atoms with Crippen molar-refractivity contribution in [1.29, 1.82) is 0 Å². The van der Waals surface area contributed by atoms with Crippen LogP contribution in [0.2, 0.25) is 0 Å². The average Bonchev–Trinajstić information content (AvgIpc) is 3.49. The second-order valence-corrected chi connectivity index (χ2v) is 10.1. The molecule has 0 atom stereocenters. The molecule has 0 spiro atoms. The van der Waals surface area contributed by atoms with Gasteiger partial charge in [0, 0.05) is 47.8 Å². The number of nitrogens with two attached hydrogens (primary N) is 1. The Morgan fingerprint density at radius 1 is 0.976 bits per heavy atom. The van der Waals surface area contributed by atoms with Crippen LogP contribution in [0.1, 0.15) is 12.0 Å². The molecule has 0 radical (unpaired) electrons. The van der Waals surface area contributed by atoms with Crippen molar-refractivity contribution in [1.82, 2.24) is 29.9 Å². The standard InChI is InChI=1S/C31H32FN7O3/c1-40-28-18-26-24(17-29(28)42-13-5-10-38-11-14-41-15-12-38)30(33)35-31(34-26)22-8-4-7-21(16-22)27-20-39(37-36-27)19-23-6-2-3-9-25(23)32/h2-4,6-9,16-18,20H,5,10-15,19H2,1H3,(H2,33,34,35). The van der Waals surface area contributed by atoms with E-state index >= 15 is 0 Å². The Kier molecular flexibility index (Phi) is 8.20. The quantitative estimate of drug-likeness (QED) is 0.244. The molecule has 0 aliphatic carbocycles. The minimum absolute atomic E-state index is 0.276. The minimum Gasteiger partial charge on any atom is -0.493 e. The summed E-state index contributed by atoms with van der Waals surface area (Å²) in [6.07, 6.45) is 2.67. The van der Waals surface area contributed by atoms with Crippen LogP contribution in [-0.4, -0.2) is 76.4 Å². The highest BCUT2D eigenvalue weighted by atomic mass is 19.1. The van der Waals surface area contributed by atoms with E-state index in [1.54, 1.807) is 36.2 Å². The number of nitrogen functional groups attached to an aromatic ring is 1. The first-order valence-electron chi connectivity index (χ1n) is 13.9. The van der Waals surface area contributed by atoms with E-state index in [-0.39, 0.29) is 12.4 Å². The van der Waals surface area contributed by atoms with Gasteiger partial charge in [-0.15, -0.1) is 5.10 Å². The molecular formula is C31H32FN7O3. The van der Waals surface area contributed by atoms with E-state index in [1.807, 2.05) is 36.4 Å². The molecule has 1 aliphatic heterocycles. The Balaban J connectivity index is 1.20. The zero-order valence-corrected chi connectivity index (χ0v) is 23.4. The monoisotopic (exact) mass is 569 g/mol. The number of rotatable bonds is 10. The maximum absolute atomic E-state index is 14.1. The largest absolute Gasteiger partial charge is 0.493 e. The molecule has 2 N–H and O–H groups in total. The van der Waals surface area contributed by atoms with E-state index < -0.39 is 0 Å². The average molecular weight is 570 g/mol. The van der Waals surface area contributed by atoms with Crippen LogP contribution < -0.4 is 15.2 Å². The van der Waals surface area contributed by atoms with Gasteiger partial charge >= 0.3 is 0 Å². The minimum atomic E-state index is -0.276. The number of anilines is 1. The lowest BCUT2D eigenvalue weighted by atomic mass is 10.1. The number of morpholine rings is 1. The molecule has 1 fully saturated rings. The van der Waals surface area contributed by atoms with Crippen LogP contribution in [0.3, 0.4) is 0 Å². The molecule has 3 heterocycles. The smallest absolute Gasteiger partial charge is 0.162 e. The number of nitrogens with zero attached hydrogens (tertiary/aromatic N) is 6. The summed E-state index contributed by atoms with van der Waals surface area (Å²) in [6, 6.07) is 18.0. The Morgan fingerprint density at radius 3 is 2.64 bits per heavy atom. The van der Waals surface area contributed by atoms with Gasteiger partial charge in [0.2, 0.25) is 0 Å². The SMILES string of the molecule is COc1cc2nc(-c3cccc(-c4cn(Cc5ccccc5F)nn4)c3)nc(N)c2cc1OCCCN1CCOCC1. The summed E-state index contributed by atoms with van der Waals surface area (Å²) in [5, 5.41) is 9.16. The Hall–Kier alpha value is -4.61. The highest BCUT2D eigenvalue weighted by Crippen LogP contribution is 2.35. The van der Waals surface area contributed by atoms with Gasteiger partial charge in [0.15, 0.2) is 17.3 Å². The lowest BCUT2D eigenvalue weighted by Gasteiger charge is -2.26. The maximum atomic E-state index is 14.1. The van der Waals surface area contributed by atoms with Crippen LogP contribution >= 0.6 is 0 Å². The zero-order valence-electron chi connectivity index (χ0n) is 23.4. The van der Waals surface area contributed by atoms with Crippen molar-refractivity contribution in [2.75, 3.05) is 52.3 Å². The van der Waals surface area contributed by atoms with Gasteiger partial charge in [-0.3, -0.25) is 4.90 Å². The Bertz CT molecular complexity index is 1690. The van der Waals surface area contributed by atoms with Crippen LogP contribution in [-0.2, 0) is 11.3 Å². The molecule has 1 saturated heterocycles. The third-order valence-electron chi connectivity index (χ3n) is 7.24. The molecule has 5 aromatic rings. The number of methoxy groups -OCH3 is 1. The fraction of sp³-hybridized carbons (Fsp3) is 0.290. The molecular weight excluding hydrogens is 537 g/mol. The summed E-state index contributed by atoms with van der Waals surface area (Å²) in [5.41, 5.74) is 9.86. The summed E-state index contributed by atoms with van der Waals surface area (Å²) in [5.74, 6) is 1.73. The van der Waals surface area contributed by atoms with E-state index in [0.717, 1.165) is 50.4 Å². The summed E-state index contributed by atoms with van der Waals surface area (Å²) >= 11 is 0. The number of benzene rings is 3. The summed E-state index contributed by atoms with van der Waals surface area (Å²) in [6.45, 7) is 5.25. The van der Waals surface area contributed by atoms with Crippen LogP contribution in [0.5, 0.6) is 11.5 Å². The van der Waals surface area contributed by atoms with Crippen molar-refractivity contribution in [3.05, 3.63) is 78.2 Å². The van der Waals surface area contributed by atoms with Gasteiger partial charge in [-0.05, 0) is 24.6 Å². The highest BCUT2D eigenvalue weighted by molar-refractivity contribution is 5.92. The predicted molar refractivity (Wildman–Crippen MR) is 158 cm³/mol. The summed E-state index contributed by atoms with van der Waals surface area (Å²) < 4.78 is 32.8. The van der Waals surface area contributed by atoms with Crippen molar-refractivity contribution < 1.29 is 18.6 Å². The second kappa shape index (κ2) is 12.5. The number of hydrogen-bond donors (Lipinski definition) is 1. The van der Waals surface area contributed by atoms with Crippen LogP contribution in [0.25, 0.3) is 33.5 Å². The van der Waals surface area contributed by atoms with Crippen molar-refractivity contribution in [3.63, 3.8) is 0 Å². The lowest BCUT2D eigenvalue weighted by molar-refractivity contribution is 0.0357. The predicted octanol–water partition coefficient (Wildman–Crippen LogP) is 4.43. The van der Waals surface area contributed by atoms with E-state index in [0.29, 0.717) is 51.9 Å². The van der Waals surface area contributed by atoms with Crippen LogP contribution in [0.4, 0.5) is 10.2 Å². The molecule has 0 saturated carbocycles. The molecule has 42 heavy (non-hydrogen) atoms. The Morgan fingerprint density at radius 2 is 1.81 bits per heavy atom. The molecule has 0 bridgehead atoms. The number of halogens is 1. The fourth-order valence-corrected chi connectivity index (χ4v) is 4.98. The molecule has 11 heteroatoms. The van der Waals surface area contributed by atoms with Gasteiger partial charge in [-0.25, -0.2) is 19.0 Å². The fourth-order valence-electron chi connectivity index (χ4n) is 4.98. The van der Waals surface area contributed by atoms with Crippen molar-refractivity contribution in [3.8, 4) is 34.1 Å². The van der Waals surface area contributed by atoms with E-state index in [9.17, 15) is 4.39 Å². The molecule has 216 valence electrons. The van der Waals surface area contributed by atoms with Crippen LogP contribution in [0, 0.1) is 5.82 Å². The first kappa shape index (κ1) is 27.6. The number of aromatic nitrogens is 5. The first-order chi connectivity index (χ1) is 20.6. The summed E-state index contributed by atoms with van der Waals surface area (Å²) in [7, 11) is 1.61. The molecule has 6 rings (SSSR count). The number of fused-ring (bicyclic) bond motifs is 1. The van der Waals surface area contributed by atoms with E-state index in [2.05, 4.69) is 20.2 Å². The molecule has 2 aromatic heterocycles. The molecule has 10 nitrogen and oxygen atoms in total. The van der Waals surface area contributed by atoms with Crippen molar-refractivity contribution in [2.24, 2.45) is 0 Å². The number of ether oxygens (including phenoxy) is 3. The Labute approximate surface area is 242 Å². The van der Waals surface area contributed by atoms with Gasteiger partial charge in [-0.1, -0.05) is 41.6 Å². The van der Waals surface area contributed by atoms with E-state index in [4.69, 9.17) is 24.9 Å². The molecule has 1 aliphatic rings. The molecule has 0 amide bonds. The first-order valence-corrected chi connectivity index (χ1v) is 13.9. The third-order valence-corrected chi connectivity index (χ3v) is 7.24. The third kappa shape index (κ3) is 6.17. The van der Waals surface area contributed by atoms with Gasteiger partial charge in [-0.2, -0.15) is 0 Å². The number of hydrogen-bond acceptors (Lipinski definition) is 9. The van der Waals surface area contributed by atoms with Crippen molar-refractivity contribution in [2.45, 2.75) is 13.0 Å². The van der Waals surface area contributed by atoms with E-state index in [1.165, 1.54) is 6.07 Å². The second-order valence-electron chi connectivity index (χ2n) is 10.1. The lowest BCUT2D eigenvalue weighted by Crippen LogP contribution is -2.37. The van der Waals surface area contributed by atoms with Crippen LogP contribution in [0.15, 0.2) is 66.9 Å². The van der Waals surface area contributed by atoms with Gasteiger partial charge in [0.1, 0.15) is 17.3 Å². The normalized spacial score (nSPS) is 13.9. The van der Waals surface area contributed by atoms with Gasteiger partial charge in [0.25, 0.3) is 0 Å². The van der Waals surface area contributed by atoms with Gasteiger partial charge in [0.05, 0.1) is 45.2 Å². The summed E-state index contributed by atoms with van der Waals surface area (Å²) in [4.78, 5) is 11.8. The zero-order chi connectivity index (χ0) is 28.9. The molecule has 0 unspecified atom stereocenters.